The van der Waals surface area contributed by atoms with E-state index in [2.05, 4.69) is 4.74 Å². The quantitative estimate of drug-likeness (QED) is 0.342. The largest absolute Gasteiger partial charge is 0.465 e. The van der Waals surface area contributed by atoms with Crippen LogP contribution in [0.2, 0.25) is 0 Å². The maximum Gasteiger partial charge on any atom is 0.343 e. The number of carbonyl (C=O) groups excluding carboxylic acids is 2. The molecule has 4 heteroatoms. The minimum Gasteiger partial charge on any atom is -0.465 e. The fraction of sp³-hybridized carbons (Fsp3) is 0.0909. The predicted molar refractivity (Wildman–Crippen MR) is 55.6 cm³/mol. The zero-order valence-electron chi connectivity index (χ0n) is 8.27. The number of carbonyl (C=O) groups is 2. The number of esters is 1. The average molecular weight is 205 g/mol. The van der Waals surface area contributed by atoms with Gasteiger partial charge < -0.3 is 10.5 Å². The fourth-order valence-corrected chi connectivity index (χ4v) is 1.06. The molecule has 0 saturated heterocycles. The third-order valence-electron chi connectivity index (χ3n) is 1.78. The summed E-state index contributed by atoms with van der Waals surface area (Å²) < 4.78 is 4.44. The minimum atomic E-state index is -0.800. The summed E-state index contributed by atoms with van der Waals surface area (Å²) in [6, 6.07) is 8.93. The lowest BCUT2D eigenvalue weighted by Crippen LogP contribution is -2.21. The van der Waals surface area contributed by atoms with Crippen LogP contribution in [-0.2, 0) is 14.3 Å². The van der Waals surface area contributed by atoms with E-state index in [4.69, 9.17) is 5.73 Å². The molecule has 15 heavy (non-hydrogen) atoms. The number of benzene rings is 1. The van der Waals surface area contributed by atoms with Crippen LogP contribution in [0.5, 0.6) is 0 Å². The Morgan fingerprint density at radius 2 is 1.87 bits per heavy atom. The number of methoxy groups -OCH3 is 1. The van der Waals surface area contributed by atoms with E-state index in [1.165, 1.54) is 13.2 Å². The highest BCUT2D eigenvalue weighted by Gasteiger charge is 2.15. The molecule has 0 aliphatic carbocycles. The van der Waals surface area contributed by atoms with Gasteiger partial charge in [0.1, 0.15) is 5.57 Å². The molecular formula is C11H11NO3. The molecule has 78 valence electrons. The predicted octanol–water partition coefficient (Wildman–Crippen LogP) is 0.728. The number of amides is 1. The van der Waals surface area contributed by atoms with Gasteiger partial charge in [-0.3, -0.25) is 4.79 Å². The van der Waals surface area contributed by atoms with Crippen molar-refractivity contribution >= 4 is 18.0 Å². The van der Waals surface area contributed by atoms with Crippen LogP contribution >= 0.6 is 0 Å². The lowest BCUT2D eigenvalue weighted by atomic mass is 10.1. The highest BCUT2D eigenvalue weighted by Crippen LogP contribution is 2.07. The van der Waals surface area contributed by atoms with Gasteiger partial charge in [0.15, 0.2) is 0 Å². The van der Waals surface area contributed by atoms with Gasteiger partial charge in [-0.2, -0.15) is 0 Å². The van der Waals surface area contributed by atoms with Crippen LogP contribution in [0.1, 0.15) is 5.56 Å². The van der Waals surface area contributed by atoms with Crippen molar-refractivity contribution < 1.29 is 14.3 Å². The summed E-state index contributed by atoms with van der Waals surface area (Å²) in [5, 5.41) is 0. The number of rotatable bonds is 3. The summed E-state index contributed by atoms with van der Waals surface area (Å²) in [5.74, 6) is -1.53. The topological polar surface area (TPSA) is 69.4 Å². The normalized spacial score (nSPS) is 10.9. The molecular weight excluding hydrogens is 194 g/mol. The number of primary amides is 1. The van der Waals surface area contributed by atoms with Crippen LogP contribution in [0.3, 0.4) is 0 Å². The first-order chi connectivity index (χ1) is 7.15. The zero-order valence-corrected chi connectivity index (χ0v) is 8.27. The Labute approximate surface area is 87.3 Å². The van der Waals surface area contributed by atoms with Crippen molar-refractivity contribution in [2.45, 2.75) is 0 Å². The molecule has 0 bridgehead atoms. The van der Waals surface area contributed by atoms with Crippen molar-refractivity contribution in [1.29, 1.82) is 0 Å². The van der Waals surface area contributed by atoms with Gasteiger partial charge in [-0.15, -0.1) is 0 Å². The fourth-order valence-electron chi connectivity index (χ4n) is 1.06. The first-order valence-electron chi connectivity index (χ1n) is 4.30. The van der Waals surface area contributed by atoms with Gasteiger partial charge in [0.25, 0.3) is 5.91 Å². The maximum absolute atomic E-state index is 11.2. The van der Waals surface area contributed by atoms with Gasteiger partial charge in [-0.25, -0.2) is 4.79 Å². The van der Waals surface area contributed by atoms with Gasteiger partial charge in [0.05, 0.1) is 7.11 Å². The van der Waals surface area contributed by atoms with Crippen LogP contribution in [0.4, 0.5) is 0 Å². The molecule has 0 aliphatic heterocycles. The van der Waals surface area contributed by atoms with Crippen molar-refractivity contribution in [3.63, 3.8) is 0 Å². The average Bonchev–Trinajstić information content (AvgIpc) is 2.26. The zero-order chi connectivity index (χ0) is 11.3. The molecule has 0 radical (unpaired) electrons. The van der Waals surface area contributed by atoms with E-state index >= 15 is 0 Å². The molecule has 1 amide bonds. The van der Waals surface area contributed by atoms with Crippen LogP contribution < -0.4 is 5.73 Å². The monoisotopic (exact) mass is 205 g/mol. The molecule has 0 atom stereocenters. The summed E-state index contributed by atoms with van der Waals surface area (Å²) in [6.07, 6.45) is 1.40. The van der Waals surface area contributed by atoms with E-state index in [0.717, 1.165) is 5.56 Å². The Hall–Kier alpha value is -2.10. The van der Waals surface area contributed by atoms with Crippen molar-refractivity contribution in [2.75, 3.05) is 7.11 Å². The summed E-state index contributed by atoms with van der Waals surface area (Å²) in [4.78, 5) is 22.1. The van der Waals surface area contributed by atoms with Gasteiger partial charge in [0.2, 0.25) is 0 Å². The summed E-state index contributed by atoms with van der Waals surface area (Å²) in [5.41, 5.74) is 5.61. The third kappa shape index (κ3) is 2.95. The van der Waals surface area contributed by atoms with Crippen LogP contribution in [0.15, 0.2) is 35.9 Å². The number of nitrogens with two attached hydrogens (primary N) is 1. The standard InChI is InChI=1S/C11H11NO3/c1-15-11(14)9(10(12)13)7-8-5-3-2-4-6-8/h2-7H,1H3,(H2,12,13). The van der Waals surface area contributed by atoms with Crippen molar-refractivity contribution in [2.24, 2.45) is 5.73 Å². The highest BCUT2D eigenvalue weighted by molar-refractivity contribution is 6.19. The number of hydrogen-bond donors (Lipinski definition) is 1. The lowest BCUT2D eigenvalue weighted by Gasteiger charge is -2.00. The van der Waals surface area contributed by atoms with E-state index in [0.29, 0.717) is 0 Å². The van der Waals surface area contributed by atoms with Crippen LogP contribution in [0.25, 0.3) is 6.08 Å². The lowest BCUT2D eigenvalue weighted by molar-refractivity contribution is -0.137. The molecule has 1 aromatic rings. The van der Waals surface area contributed by atoms with Gasteiger partial charge >= 0.3 is 5.97 Å². The summed E-state index contributed by atoms with van der Waals surface area (Å²) in [6.45, 7) is 0. The van der Waals surface area contributed by atoms with Gasteiger partial charge in [0, 0.05) is 0 Å². The van der Waals surface area contributed by atoms with Crippen molar-refractivity contribution in [3.05, 3.63) is 41.5 Å². The number of hydrogen-bond acceptors (Lipinski definition) is 3. The first-order valence-corrected chi connectivity index (χ1v) is 4.30. The molecule has 0 aliphatic rings. The summed E-state index contributed by atoms with van der Waals surface area (Å²) >= 11 is 0. The minimum absolute atomic E-state index is 0.163. The van der Waals surface area contributed by atoms with Crippen molar-refractivity contribution in [1.82, 2.24) is 0 Å². The summed E-state index contributed by atoms with van der Waals surface area (Å²) in [7, 11) is 1.20. The molecule has 0 aromatic heterocycles. The van der Waals surface area contributed by atoms with E-state index in [9.17, 15) is 9.59 Å². The Bertz CT molecular complexity index is 396. The van der Waals surface area contributed by atoms with Gasteiger partial charge in [-0.05, 0) is 11.6 Å². The molecule has 4 nitrogen and oxygen atoms in total. The Morgan fingerprint density at radius 1 is 1.27 bits per heavy atom. The molecule has 0 spiro atoms. The second-order valence-corrected chi connectivity index (χ2v) is 2.82. The SMILES string of the molecule is COC(=O)C(=Cc1ccccc1)C(N)=O. The molecule has 0 heterocycles. The molecule has 0 saturated carbocycles. The maximum atomic E-state index is 11.2. The van der Waals surface area contributed by atoms with Crippen molar-refractivity contribution in [3.8, 4) is 0 Å². The van der Waals surface area contributed by atoms with Gasteiger partial charge in [-0.1, -0.05) is 30.3 Å². The second-order valence-electron chi connectivity index (χ2n) is 2.82. The van der Waals surface area contributed by atoms with E-state index in [-0.39, 0.29) is 5.57 Å². The first kappa shape index (κ1) is 11.0. The van der Waals surface area contributed by atoms with E-state index < -0.39 is 11.9 Å². The molecule has 2 N–H and O–H groups in total. The van der Waals surface area contributed by atoms with Crippen LogP contribution in [-0.4, -0.2) is 19.0 Å². The molecule has 1 rings (SSSR count). The molecule has 0 unspecified atom stereocenters. The Morgan fingerprint density at radius 3 is 2.33 bits per heavy atom. The Kier molecular flexibility index (Phi) is 3.62. The highest BCUT2D eigenvalue weighted by atomic mass is 16.5. The number of ether oxygens (including phenoxy) is 1. The Balaban J connectivity index is 3.05. The molecule has 0 fully saturated rings. The molecule has 1 aromatic carbocycles. The third-order valence-corrected chi connectivity index (χ3v) is 1.78. The van der Waals surface area contributed by atoms with Crippen LogP contribution in [0, 0.1) is 0 Å². The smallest absolute Gasteiger partial charge is 0.343 e. The van der Waals surface area contributed by atoms with E-state index in [1.807, 2.05) is 6.07 Å². The second kappa shape index (κ2) is 4.95. The van der Waals surface area contributed by atoms with E-state index in [1.54, 1.807) is 24.3 Å².